The van der Waals surface area contributed by atoms with Crippen molar-refractivity contribution in [3.63, 3.8) is 0 Å². The number of hydrogen-bond donors (Lipinski definition) is 1. The smallest absolute Gasteiger partial charge is 0.119 e. The summed E-state index contributed by atoms with van der Waals surface area (Å²) in [7, 11) is 1.64. The third-order valence-corrected chi connectivity index (χ3v) is 3.42. The standard InChI is InChI=1S/C12H16BrClO2/c1-16-11-4-5-12(13)9(8-11)7-10(15)3-2-6-14/h4-5,8,10,15H,2-3,6-7H2,1H3. The number of ether oxygens (including phenoxy) is 1. The minimum atomic E-state index is -0.345. The molecule has 0 saturated carbocycles. The van der Waals surface area contributed by atoms with Gasteiger partial charge >= 0.3 is 0 Å². The molecule has 16 heavy (non-hydrogen) atoms. The Morgan fingerprint density at radius 2 is 2.25 bits per heavy atom. The van der Waals surface area contributed by atoms with Crippen molar-refractivity contribution in [3.8, 4) is 5.75 Å². The van der Waals surface area contributed by atoms with Crippen LogP contribution in [0, 0.1) is 0 Å². The van der Waals surface area contributed by atoms with E-state index in [-0.39, 0.29) is 6.10 Å². The summed E-state index contributed by atoms with van der Waals surface area (Å²) in [5.41, 5.74) is 1.06. The zero-order valence-electron chi connectivity index (χ0n) is 9.25. The minimum Gasteiger partial charge on any atom is -0.497 e. The van der Waals surface area contributed by atoms with Crippen molar-refractivity contribution >= 4 is 27.5 Å². The topological polar surface area (TPSA) is 29.5 Å². The van der Waals surface area contributed by atoms with Crippen LogP contribution >= 0.6 is 27.5 Å². The third-order valence-electron chi connectivity index (χ3n) is 2.38. The maximum absolute atomic E-state index is 9.80. The van der Waals surface area contributed by atoms with E-state index in [0.29, 0.717) is 12.3 Å². The van der Waals surface area contributed by atoms with Crippen LogP contribution in [0.1, 0.15) is 18.4 Å². The highest BCUT2D eigenvalue weighted by Gasteiger charge is 2.09. The molecule has 0 aliphatic carbocycles. The van der Waals surface area contributed by atoms with Gasteiger partial charge in [0.2, 0.25) is 0 Å². The van der Waals surface area contributed by atoms with Crippen molar-refractivity contribution in [1.82, 2.24) is 0 Å². The molecule has 0 heterocycles. The molecule has 0 bridgehead atoms. The molecule has 0 amide bonds. The average Bonchev–Trinajstić information content (AvgIpc) is 2.29. The second kappa shape index (κ2) is 7.15. The first-order chi connectivity index (χ1) is 7.67. The molecule has 0 aromatic heterocycles. The second-order valence-electron chi connectivity index (χ2n) is 3.65. The molecule has 1 aromatic rings. The summed E-state index contributed by atoms with van der Waals surface area (Å²) in [5.74, 6) is 1.40. The van der Waals surface area contributed by atoms with Crippen LogP contribution in [0.25, 0.3) is 0 Å². The number of methoxy groups -OCH3 is 1. The van der Waals surface area contributed by atoms with Gasteiger partial charge in [-0.3, -0.25) is 0 Å². The average molecular weight is 308 g/mol. The number of halogens is 2. The lowest BCUT2D eigenvalue weighted by molar-refractivity contribution is 0.164. The summed E-state index contributed by atoms with van der Waals surface area (Å²) in [6, 6.07) is 5.76. The van der Waals surface area contributed by atoms with Crippen LogP contribution in [0.3, 0.4) is 0 Å². The van der Waals surface area contributed by atoms with Crippen LogP contribution < -0.4 is 4.74 Å². The predicted molar refractivity (Wildman–Crippen MR) is 70.4 cm³/mol. The summed E-state index contributed by atoms with van der Waals surface area (Å²) in [6.07, 6.45) is 1.84. The molecule has 0 aliphatic heterocycles. The summed E-state index contributed by atoms with van der Waals surface area (Å²) in [5, 5.41) is 9.80. The van der Waals surface area contributed by atoms with Gasteiger partial charge in [-0.1, -0.05) is 15.9 Å². The molecule has 0 radical (unpaired) electrons. The Hall–Kier alpha value is -0.250. The molecule has 0 aliphatic rings. The van der Waals surface area contributed by atoms with Crippen LogP contribution in [-0.4, -0.2) is 24.2 Å². The van der Waals surface area contributed by atoms with Crippen LogP contribution in [0.5, 0.6) is 5.75 Å². The molecule has 1 rings (SSSR count). The summed E-state index contributed by atoms with van der Waals surface area (Å²) >= 11 is 9.05. The molecular weight excluding hydrogens is 291 g/mol. The number of hydrogen-bond acceptors (Lipinski definition) is 2. The Morgan fingerprint density at radius 3 is 2.88 bits per heavy atom. The Balaban J connectivity index is 2.64. The molecule has 0 fully saturated rings. The fraction of sp³-hybridized carbons (Fsp3) is 0.500. The number of rotatable bonds is 6. The van der Waals surface area contributed by atoms with E-state index in [1.807, 2.05) is 18.2 Å². The van der Waals surface area contributed by atoms with Crippen molar-refractivity contribution in [1.29, 1.82) is 0 Å². The normalized spacial score (nSPS) is 12.5. The van der Waals surface area contributed by atoms with Crippen LogP contribution in [-0.2, 0) is 6.42 Å². The first kappa shape index (κ1) is 13.8. The monoisotopic (exact) mass is 306 g/mol. The highest BCUT2D eigenvalue weighted by atomic mass is 79.9. The number of aliphatic hydroxyl groups excluding tert-OH is 1. The Bertz CT molecular complexity index is 331. The highest BCUT2D eigenvalue weighted by Crippen LogP contribution is 2.24. The molecule has 0 spiro atoms. The number of aliphatic hydroxyl groups is 1. The lowest BCUT2D eigenvalue weighted by Crippen LogP contribution is -2.11. The van der Waals surface area contributed by atoms with E-state index in [4.69, 9.17) is 16.3 Å². The predicted octanol–water partition coefficient (Wildman–Crippen LogP) is 3.38. The van der Waals surface area contributed by atoms with Gasteiger partial charge in [-0.25, -0.2) is 0 Å². The van der Waals surface area contributed by atoms with Crippen molar-refractivity contribution in [2.45, 2.75) is 25.4 Å². The fourth-order valence-corrected chi connectivity index (χ4v) is 2.07. The first-order valence-corrected chi connectivity index (χ1v) is 6.56. The lowest BCUT2D eigenvalue weighted by Gasteiger charge is -2.12. The maximum atomic E-state index is 9.80. The zero-order chi connectivity index (χ0) is 12.0. The van der Waals surface area contributed by atoms with Crippen LogP contribution in [0.4, 0.5) is 0 Å². The van der Waals surface area contributed by atoms with Gasteiger partial charge in [0.05, 0.1) is 13.2 Å². The van der Waals surface area contributed by atoms with E-state index in [0.717, 1.165) is 28.6 Å². The second-order valence-corrected chi connectivity index (χ2v) is 4.88. The van der Waals surface area contributed by atoms with Crippen molar-refractivity contribution in [2.24, 2.45) is 0 Å². The third kappa shape index (κ3) is 4.32. The van der Waals surface area contributed by atoms with Gasteiger partial charge in [-0.2, -0.15) is 0 Å². The van der Waals surface area contributed by atoms with Crippen LogP contribution in [0.15, 0.2) is 22.7 Å². The highest BCUT2D eigenvalue weighted by molar-refractivity contribution is 9.10. The number of benzene rings is 1. The molecule has 1 unspecified atom stereocenters. The molecule has 1 aromatic carbocycles. The Kier molecular flexibility index (Phi) is 6.17. The van der Waals surface area contributed by atoms with E-state index < -0.39 is 0 Å². The van der Waals surface area contributed by atoms with Gasteiger partial charge in [0.25, 0.3) is 0 Å². The van der Waals surface area contributed by atoms with Gasteiger partial charge in [0, 0.05) is 10.4 Å². The Labute approximate surface area is 110 Å². The largest absolute Gasteiger partial charge is 0.497 e. The van der Waals surface area contributed by atoms with Crippen LogP contribution in [0.2, 0.25) is 0 Å². The van der Waals surface area contributed by atoms with Crippen molar-refractivity contribution < 1.29 is 9.84 Å². The molecule has 2 nitrogen and oxygen atoms in total. The summed E-state index contributed by atoms with van der Waals surface area (Å²) in [6.45, 7) is 0. The molecule has 90 valence electrons. The van der Waals surface area contributed by atoms with E-state index in [1.54, 1.807) is 7.11 Å². The zero-order valence-corrected chi connectivity index (χ0v) is 11.6. The SMILES string of the molecule is COc1ccc(Br)c(CC(O)CCCCl)c1. The summed E-state index contributed by atoms with van der Waals surface area (Å²) < 4.78 is 6.15. The minimum absolute atomic E-state index is 0.345. The molecule has 0 saturated heterocycles. The van der Waals surface area contributed by atoms with Gasteiger partial charge in [-0.15, -0.1) is 11.6 Å². The quantitative estimate of drug-likeness (QED) is 0.816. The van der Waals surface area contributed by atoms with Gasteiger partial charge in [0.1, 0.15) is 5.75 Å². The van der Waals surface area contributed by atoms with Gasteiger partial charge in [-0.05, 0) is 43.0 Å². The van der Waals surface area contributed by atoms with E-state index in [2.05, 4.69) is 15.9 Å². The fourth-order valence-electron chi connectivity index (χ4n) is 1.50. The first-order valence-electron chi connectivity index (χ1n) is 5.23. The Morgan fingerprint density at radius 1 is 1.50 bits per heavy atom. The molecule has 1 atom stereocenters. The molecule has 1 N–H and O–H groups in total. The molecule has 4 heteroatoms. The lowest BCUT2D eigenvalue weighted by atomic mass is 10.0. The van der Waals surface area contributed by atoms with E-state index in [9.17, 15) is 5.11 Å². The maximum Gasteiger partial charge on any atom is 0.119 e. The summed E-state index contributed by atoms with van der Waals surface area (Å²) in [4.78, 5) is 0. The molecular formula is C12H16BrClO2. The van der Waals surface area contributed by atoms with E-state index in [1.165, 1.54) is 0 Å². The van der Waals surface area contributed by atoms with Crippen molar-refractivity contribution in [2.75, 3.05) is 13.0 Å². The number of alkyl halides is 1. The van der Waals surface area contributed by atoms with E-state index >= 15 is 0 Å². The van der Waals surface area contributed by atoms with Gasteiger partial charge in [0.15, 0.2) is 0 Å². The van der Waals surface area contributed by atoms with Gasteiger partial charge < -0.3 is 9.84 Å². The van der Waals surface area contributed by atoms with Crippen molar-refractivity contribution in [3.05, 3.63) is 28.2 Å².